The summed E-state index contributed by atoms with van der Waals surface area (Å²) < 4.78 is 11.3. The predicted molar refractivity (Wildman–Crippen MR) is 35.6 cm³/mol. The number of hydrogen-bond donors (Lipinski definition) is 0. The molecule has 0 N–H and O–H groups in total. The van der Waals surface area contributed by atoms with E-state index < -0.39 is 0 Å². The fourth-order valence-corrected chi connectivity index (χ4v) is 2.33. The van der Waals surface area contributed by atoms with Crippen LogP contribution in [0.5, 0.6) is 0 Å². The Balaban J connectivity index is 1.87. The van der Waals surface area contributed by atoms with Crippen molar-refractivity contribution in [3.05, 3.63) is 0 Å². The van der Waals surface area contributed by atoms with Crippen molar-refractivity contribution in [1.29, 1.82) is 0 Å². The first kappa shape index (κ1) is 5.56. The third kappa shape index (κ3) is 0.565. The summed E-state index contributed by atoms with van der Waals surface area (Å²) in [5.41, 5.74) is 0. The normalized spacial score (nSPS) is 57.6. The second-order valence-corrected chi connectivity index (χ2v) is 3.63. The molecule has 0 saturated carbocycles. The maximum absolute atomic E-state index is 5.76. The van der Waals surface area contributed by atoms with Gasteiger partial charge in [0.1, 0.15) is 6.10 Å². The Kier molecular flexibility index (Phi) is 0.868. The smallest absolute Gasteiger partial charge is 0.195 e. The van der Waals surface area contributed by atoms with Gasteiger partial charge in [0.15, 0.2) is 5.79 Å². The summed E-state index contributed by atoms with van der Waals surface area (Å²) in [4.78, 5) is 0. The van der Waals surface area contributed by atoms with E-state index in [1.54, 1.807) is 0 Å². The summed E-state index contributed by atoms with van der Waals surface area (Å²) in [5.74, 6) is -0.0544. The van der Waals surface area contributed by atoms with E-state index in [1.165, 1.54) is 25.7 Å². The van der Waals surface area contributed by atoms with Crippen LogP contribution in [-0.4, -0.2) is 18.0 Å². The summed E-state index contributed by atoms with van der Waals surface area (Å²) in [5, 5.41) is 0. The molecule has 0 aliphatic carbocycles. The first-order valence-electron chi connectivity index (χ1n) is 4.25. The van der Waals surface area contributed by atoms with Crippen molar-refractivity contribution in [3.63, 3.8) is 0 Å². The van der Waals surface area contributed by atoms with Gasteiger partial charge < -0.3 is 9.47 Å². The number of fused-ring (bicyclic) bond motifs is 1. The van der Waals surface area contributed by atoms with Gasteiger partial charge in [0.25, 0.3) is 0 Å². The molecule has 3 fully saturated rings. The highest BCUT2D eigenvalue weighted by molar-refractivity contribution is 5.01. The average Bonchev–Trinajstić information content (AvgIpc) is 2.60. The molecule has 3 atom stereocenters. The molecule has 3 aliphatic heterocycles. The SMILES string of the molecule is C1CC2CC[C@H]3O[C@]3(C1)O2. The molecule has 2 heteroatoms. The molecule has 1 spiro atoms. The van der Waals surface area contributed by atoms with E-state index in [0.29, 0.717) is 12.2 Å². The molecule has 2 nitrogen and oxygen atoms in total. The molecule has 3 aliphatic rings. The summed E-state index contributed by atoms with van der Waals surface area (Å²) in [6.45, 7) is 0. The molecule has 3 saturated heterocycles. The Hall–Kier alpha value is -0.0800. The molecule has 0 aromatic rings. The van der Waals surface area contributed by atoms with Gasteiger partial charge in [-0.15, -0.1) is 0 Å². The molecule has 56 valence electrons. The molecule has 0 aromatic heterocycles. The first-order valence-corrected chi connectivity index (χ1v) is 4.25. The molecule has 3 heterocycles. The van der Waals surface area contributed by atoms with Crippen molar-refractivity contribution in [2.45, 2.75) is 50.1 Å². The van der Waals surface area contributed by atoms with Crippen molar-refractivity contribution in [1.82, 2.24) is 0 Å². The van der Waals surface area contributed by atoms with Crippen molar-refractivity contribution in [2.24, 2.45) is 0 Å². The minimum atomic E-state index is -0.0544. The van der Waals surface area contributed by atoms with Crippen LogP contribution in [0.15, 0.2) is 0 Å². The summed E-state index contributed by atoms with van der Waals surface area (Å²) in [6.07, 6.45) is 7.20. The lowest BCUT2D eigenvalue weighted by atomic mass is 9.92. The number of ether oxygens (including phenoxy) is 2. The van der Waals surface area contributed by atoms with Gasteiger partial charge in [-0.25, -0.2) is 0 Å². The van der Waals surface area contributed by atoms with E-state index in [9.17, 15) is 0 Å². The third-order valence-corrected chi connectivity index (χ3v) is 2.94. The van der Waals surface area contributed by atoms with Gasteiger partial charge in [-0.3, -0.25) is 0 Å². The van der Waals surface area contributed by atoms with Gasteiger partial charge in [-0.05, 0) is 25.7 Å². The highest BCUT2D eigenvalue weighted by atomic mass is 16.8. The maximum atomic E-state index is 5.76. The van der Waals surface area contributed by atoms with Crippen LogP contribution in [0.4, 0.5) is 0 Å². The Morgan fingerprint density at radius 1 is 1.10 bits per heavy atom. The quantitative estimate of drug-likeness (QED) is 0.475. The van der Waals surface area contributed by atoms with Crippen LogP contribution >= 0.6 is 0 Å². The zero-order chi connectivity index (χ0) is 6.60. The van der Waals surface area contributed by atoms with Crippen LogP contribution in [0.1, 0.15) is 32.1 Å². The van der Waals surface area contributed by atoms with Gasteiger partial charge in [-0.1, -0.05) is 0 Å². The van der Waals surface area contributed by atoms with Gasteiger partial charge >= 0.3 is 0 Å². The van der Waals surface area contributed by atoms with Crippen LogP contribution in [0, 0.1) is 0 Å². The number of hydrogen-bond acceptors (Lipinski definition) is 2. The summed E-state index contributed by atoms with van der Waals surface area (Å²) in [6, 6.07) is 0. The molecular weight excluding hydrogens is 128 g/mol. The zero-order valence-electron chi connectivity index (χ0n) is 6.01. The van der Waals surface area contributed by atoms with E-state index in [-0.39, 0.29) is 5.79 Å². The Bertz CT molecular complexity index is 167. The molecule has 1 unspecified atom stereocenters. The number of epoxide rings is 1. The second kappa shape index (κ2) is 1.56. The molecule has 0 radical (unpaired) electrons. The third-order valence-electron chi connectivity index (χ3n) is 2.94. The van der Waals surface area contributed by atoms with E-state index in [2.05, 4.69) is 0 Å². The average molecular weight is 140 g/mol. The Morgan fingerprint density at radius 2 is 2.10 bits per heavy atom. The van der Waals surface area contributed by atoms with Crippen molar-refractivity contribution in [2.75, 3.05) is 0 Å². The van der Waals surface area contributed by atoms with Gasteiger partial charge in [0, 0.05) is 6.42 Å². The molecule has 10 heavy (non-hydrogen) atoms. The van der Waals surface area contributed by atoms with Gasteiger partial charge in [0.05, 0.1) is 6.10 Å². The fraction of sp³-hybridized carbons (Fsp3) is 1.00. The monoisotopic (exact) mass is 140 g/mol. The maximum Gasteiger partial charge on any atom is 0.195 e. The topological polar surface area (TPSA) is 21.8 Å². The lowest BCUT2D eigenvalue weighted by Crippen LogP contribution is -2.36. The molecule has 0 amide bonds. The van der Waals surface area contributed by atoms with E-state index in [1.807, 2.05) is 0 Å². The zero-order valence-corrected chi connectivity index (χ0v) is 6.01. The highest BCUT2D eigenvalue weighted by Crippen LogP contribution is 2.52. The van der Waals surface area contributed by atoms with E-state index in [4.69, 9.17) is 9.47 Å². The first-order chi connectivity index (χ1) is 4.89. The minimum Gasteiger partial charge on any atom is -0.344 e. The Labute approximate surface area is 60.5 Å². The van der Waals surface area contributed by atoms with Crippen molar-refractivity contribution < 1.29 is 9.47 Å². The molecule has 0 aromatic carbocycles. The van der Waals surface area contributed by atoms with Crippen LogP contribution in [0.2, 0.25) is 0 Å². The predicted octanol–water partition coefficient (Wildman–Crippen LogP) is 1.44. The van der Waals surface area contributed by atoms with Gasteiger partial charge in [0.2, 0.25) is 0 Å². The molecular formula is C8H12O2. The van der Waals surface area contributed by atoms with E-state index >= 15 is 0 Å². The van der Waals surface area contributed by atoms with Crippen LogP contribution in [-0.2, 0) is 9.47 Å². The van der Waals surface area contributed by atoms with E-state index in [0.717, 1.165) is 6.42 Å². The minimum absolute atomic E-state index is 0.0544. The Morgan fingerprint density at radius 3 is 3.00 bits per heavy atom. The van der Waals surface area contributed by atoms with Crippen LogP contribution in [0.25, 0.3) is 0 Å². The van der Waals surface area contributed by atoms with Crippen LogP contribution in [0.3, 0.4) is 0 Å². The fourth-order valence-electron chi connectivity index (χ4n) is 2.33. The van der Waals surface area contributed by atoms with Crippen molar-refractivity contribution in [3.8, 4) is 0 Å². The molecule has 2 bridgehead atoms. The van der Waals surface area contributed by atoms with Crippen molar-refractivity contribution >= 4 is 0 Å². The lowest BCUT2D eigenvalue weighted by molar-refractivity contribution is -0.132. The summed E-state index contributed by atoms with van der Waals surface area (Å²) >= 11 is 0. The number of rotatable bonds is 0. The summed E-state index contributed by atoms with van der Waals surface area (Å²) in [7, 11) is 0. The second-order valence-electron chi connectivity index (χ2n) is 3.63. The highest BCUT2D eigenvalue weighted by Gasteiger charge is 2.62. The van der Waals surface area contributed by atoms with Gasteiger partial charge in [-0.2, -0.15) is 0 Å². The standard InChI is InChI=1S/C8H12O2/c1-2-6-3-4-7-8(5-1,9-6)10-7/h6-7H,1-5H2/t6?,7-,8+/m1/s1. The lowest BCUT2D eigenvalue weighted by Gasteiger charge is -2.31. The molecule has 3 rings (SSSR count). The largest absolute Gasteiger partial charge is 0.344 e. The van der Waals surface area contributed by atoms with Crippen LogP contribution < -0.4 is 0 Å².